The third kappa shape index (κ3) is 4.85. The molecule has 1 aliphatic rings. The molecule has 1 aromatic carbocycles. The highest BCUT2D eigenvalue weighted by molar-refractivity contribution is 5.18. The van der Waals surface area contributed by atoms with Gasteiger partial charge in [-0.1, -0.05) is 30.3 Å². The lowest BCUT2D eigenvalue weighted by atomic mass is 10.1. The van der Waals surface area contributed by atoms with Crippen molar-refractivity contribution in [2.45, 2.75) is 12.1 Å². The number of nitrogens with one attached hydrogen (secondary N) is 1. The van der Waals surface area contributed by atoms with Gasteiger partial charge in [-0.3, -0.25) is 4.90 Å². The highest BCUT2D eigenvalue weighted by Crippen LogP contribution is 2.11. The first-order valence-electron chi connectivity index (χ1n) is 7.17. The van der Waals surface area contributed by atoms with Gasteiger partial charge in [0.2, 0.25) is 0 Å². The highest BCUT2D eigenvalue weighted by Gasteiger charge is 2.16. The van der Waals surface area contributed by atoms with Crippen molar-refractivity contribution in [1.29, 1.82) is 0 Å². The van der Waals surface area contributed by atoms with E-state index in [0.29, 0.717) is 13.1 Å². The average Bonchev–Trinajstić information content (AvgIpc) is 2.50. The summed E-state index contributed by atoms with van der Waals surface area (Å²) in [4.78, 5) is 2.20. The van der Waals surface area contributed by atoms with Crippen LogP contribution in [0.2, 0.25) is 0 Å². The summed E-state index contributed by atoms with van der Waals surface area (Å²) in [6, 6.07) is 9.67. The van der Waals surface area contributed by atoms with Crippen LogP contribution in [0.1, 0.15) is 11.6 Å². The summed E-state index contributed by atoms with van der Waals surface area (Å²) in [6.45, 7) is 4.36. The van der Waals surface area contributed by atoms with E-state index < -0.39 is 6.10 Å². The summed E-state index contributed by atoms with van der Waals surface area (Å²) >= 11 is 0. The predicted molar refractivity (Wildman–Crippen MR) is 77.5 cm³/mol. The van der Waals surface area contributed by atoms with E-state index in [1.165, 1.54) is 0 Å². The Morgan fingerprint density at radius 1 is 1.20 bits per heavy atom. The quantitative estimate of drug-likeness (QED) is 0.656. The van der Waals surface area contributed by atoms with E-state index in [1.807, 2.05) is 30.3 Å². The average molecular weight is 280 g/mol. The molecule has 3 N–H and O–H groups in total. The molecule has 1 heterocycles. The van der Waals surface area contributed by atoms with Gasteiger partial charge in [0.15, 0.2) is 0 Å². The van der Waals surface area contributed by atoms with E-state index in [2.05, 4.69) is 10.2 Å². The van der Waals surface area contributed by atoms with Crippen molar-refractivity contribution in [3.8, 4) is 0 Å². The molecule has 0 spiro atoms. The monoisotopic (exact) mass is 280 g/mol. The fraction of sp³-hybridized carbons (Fsp3) is 0.600. The molecule has 0 saturated carbocycles. The van der Waals surface area contributed by atoms with E-state index in [4.69, 9.17) is 4.74 Å². The minimum absolute atomic E-state index is 0.0221. The molecule has 5 heteroatoms. The van der Waals surface area contributed by atoms with Crippen LogP contribution in [0, 0.1) is 0 Å². The van der Waals surface area contributed by atoms with Gasteiger partial charge in [-0.05, 0) is 5.56 Å². The van der Waals surface area contributed by atoms with Gasteiger partial charge in [-0.15, -0.1) is 0 Å². The topological polar surface area (TPSA) is 65.0 Å². The number of aliphatic hydroxyl groups excluding tert-OH is 2. The minimum Gasteiger partial charge on any atom is -0.394 e. The zero-order valence-corrected chi connectivity index (χ0v) is 11.7. The fourth-order valence-corrected chi connectivity index (χ4v) is 2.40. The number of benzene rings is 1. The van der Waals surface area contributed by atoms with Gasteiger partial charge in [0, 0.05) is 26.2 Å². The first kappa shape index (κ1) is 15.4. The molecule has 2 atom stereocenters. The van der Waals surface area contributed by atoms with Crippen molar-refractivity contribution >= 4 is 0 Å². The first-order valence-corrected chi connectivity index (χ1v) is 7.17. The van der Waals surface area contributed by atoms with Crippen molar-refractivity contribution in [3.05, 3.63) is 35.9 Å². The molecule has 1 fully saturated rings. The lowest BCUT2D eigenvalue weighted by molar-refractivity contribution is 0.0141. The Morgan fingerprint density at radius 2 is 1.90 bits per heavy atom. The molecule has 2 rings (SSSR count). The maximum absolute atomic E-state index is 10.1. The maximum Gasteiger partial charge on any atom is 0.0791 e. The number of hydrogen-bond donors (Lipinski definition) is 3. The maximum atomic E-state index is 10.1. The van der Waals surface area contributed by atoms with Gasteiger partial charge >= 0.3 is 0 Å². The van der Waals surface area contributed by atoms with Crippen LogP contribution in [0.4, 0.5) is 0 Å². The van der Waals surface area contributed by atoms with Crippen LogP contribution >= 0.6 is 0 Å². The van der Waals surface area contributed by atoms with Gasteiger partial charge < -0.3 is 20.3 Å². The van der Waals surface area contributed by atoms with Crippen LogP contribution < -0.4 is 5.32 Å². The fourth-order valence-electron chi connectivity index (χ4n) is 2.40. The molecule has 2 unspecified atom stereocenters. The van der Waals surface area contributed by atoms with Crippen molar-refractivity contribution in [1.82, 2.24) is 10.2 Å². The van der Waals surface area contributed by atoms with Gasteiger partial charge in [-0.2, -0.15) is 0 Å². The smallest absolute Gasteiger partial charge is 0.0791 e. The van der Waals surface area contributed by atoms with E-state index in [-0.39, 0.29) is 12.6 Å². The van der Waals surface area contributed by atoms with E-state index in [1.54, 1.807) is 0 Å². The van der Waals surface area contributed by atoms with Crippen LogP contribution in [0.25, 0.3) is 0 Å². The second-order valence-electron chi connectivity index (χ2n) is 5.12. The standard InChI is InChI=1S/C15H24N2O3/c18-12-15(13-4-2-1-3-5-13)16-10-14(19)11-17-6-8-20-9-7-17/h1-5,14-16,18-19H,6-12H2. The summed E-state index contributed by atoms with van der Waals surface area (Å²) in [5, 5.41) is 22.7. The van der Waals surface area contributed by atoms with Crippen LogP contribution in [0.3, 0.4) is 0 Å². The van der Waals surface area contributed by atoms with Crippen LogP contribution in [0.5, 0.6) is 0 Å². The molecule has 20 heavy (non-hydrogen) atoms. The molecule has 0 bridgehead atoms. The van der Waals surface area contributed by atoms with Gasteiger partial charge in [0.25, 0.3) is 0 Å². The summed E-state index contributed by atoms with van der Waals surface area (Å²) in [5.41, 5.74) is 1.04. The third-order valence-electron chi connectivity index (χ3n) is 3.56. The highest BCUT2D eigenvalue weighted by atomic mass is 16.5. The molecule has 5 nitrogen and oxygen atoms in total. The summed E-state index contributed by atoms with van der Waals surface area (Å²) in [5.74, 6) is 0. The normalized spacial score (nSPS) is 19.7. The van der Waals surface area contributed by atoms with E-state index in [9.17, 15) is 10.2 Å². The Hall–Kier alpha value is -0.980. The number of β-amino-alcohol motifs (C(OH)–C–C–N with tert-alkyl or cyclic N) is 1. The van der Waals surface area contributed by atoms with Crippen molar-refractivity contribution in [2.75, 3.05) is 46.0 Å². The van der Waals surface area contributed by atoms with Crippen molar-refractivity contribution < 1.29 is 14.9 Å². The number of hydrogen-bond acceptors (Lipinski definition) is 5. The van der Waals surface area contributed by atoms with Crippen LogP contribution in [0.15, 0.2) is 30.3 Å². The molecule has 0 aromatic heterocycles. The Bertz CT molecular complexity index is 369. The third-order valence-corrected chi connectivity index (χ3v) is 3.56. The van der Waals surface area contributed by atoms with E-state index in [0.717, 1.165) is 31.9 Å². The lowest BCUT2D eigenvalue weighted by Crippen LogP contribution is -2.44. The minimum atomic E-state index is -0.439. The summed E-state index contributed by atoms with van der Waals surface area (Å²) in [6.07, 6.45) is -0.439. The second kappa shape index (κ2) is 8.34. The Kier molecular flexibility index (Phi) is 6.42. The molecular formula is C15H24N2O3. The number of morpholine rings is 1. The number of ether oxygens (including phenoxy) is 1. The largest absolute Gasteiger partial charge is 0.394 e. The van der Waals surface area contributed by atoms with E-state index >= 15 is 0 Å². The molecule has 1 aromatic rings. The molecule has 1 aliphatic heterocycles. The van der Waals surface area contributed by atoms with Crippen LogP contribution in [-0.2, 0) is 4.74 Å². The van der Waals surface area contributed by atoms with Gasteiger partial charge in [0.1, 0.15) is 0 Å². The van der Waals surface area contributed by atoms with Gasteiger partial charge in [0.05, 0.1) is 32.0 Å². The second-order valence-corrected chi connectivity index (χ2v) is 5.12. The van der Waals surface area contributed by atoms with Gasteiger partial charge in [-0.25, -0.2) is 0 Å². The molecule has 0 amide bonds. The van der Waals surface area contributed by atoms with Crippen LogP contribution in [-0.4, -0.2) is 67.2 Å². The summed E-state index contributed by atoms with van der Waals surface area (Å²) in [7, 11) is 0. The molecule has 1 saturated heterocycles. The number of aliphatic hydroxyl groups is 2. The Morgan fingerprint density at radius 3 is 2.55 bits per heavy atom. The van der Waals surface area contributed by atoms with Crippen molar-refractivity contribution in [3.63, 3.8) is 0 Å². The molecule has 0 radical (unpaired) electrons. The Labute approximate surface area is 120 Å². The first-order chi connectivity index (χ1) is 9.79. The zero-order chi connectivity index (χ0) is 14.2. The number of rotatable bonds is 7. The van der Waals surface area contributed by atoms with Crippen molar-refractivity contribution in [2.24, 2.45) is 0 Å². The number of nitrogens with zero attached hydrogens (tertiary/aromatic N) is 1. The Balaban J connectivity index is 1.75. The lowest BCUT2D eigenvalue weighted by Gasteiger charge is -2.29. The summed E-state index contributed by atoms with van der Waals surface area (Å²) < 4.78 is 5.28. The predicted octanol–water partition coefficient (Wildman–Crippen LogP) is 0.00270. The molecule has 0 aliphatic carbocycles. The molecular weight excluding hydrogens is 256 g/mol. The SMILES string of the molecule is OCC(NCC(O)CN1CCOCC1)c1ccccc1. The molecule has 112 valence electrons. The zero-order valence-electron chi connectivity index (χ0n) is 11.7.